The number of hydrogen-bond acceptors (Lipinski definition) is 3. The van der Waals surface area contributed by atoms with Crippen LogP contribution < -0.4 is 0 Å². The highest BCUT2D eigenvalue weighted by molar-refractivity contribution is 5.94. The molecule has 4 rings (SSSR count). The standard InChI is InChI=1S/C29H39FN4O/c1-4-14-34-27-13-12-23(20-32-15-7-5-6-8-16-32)17-26(27)31-28(34)21-33(19-22(2)3)29(35)24-10-9-11-25(30)18-24/h9-13,17-18,22H,4-8,14-16,19-21H2,1-3H3. The van der Waals surface area contributed by atoms with Crippen LogP contribution in [0.15, 0.2) is 42.5 Å². The number of halogens is 1. The first-order chi connectivity index (χ1) is 16.9. The molecule has 0 bridgehead atoms. The van der Waals surface area contributed by atoms with Crippen molar-refractivity contribution in [3.05, 3.63) is 65.2 Å². The molecule has 1 fully saturated rings. The van der Waals surface area contributed by atoms with Crippen LogP contribution >= 0.6 is 0 Å². The van der Waals surface area contributed by atoms with E-state index in [0.717, 1.165) is 36.4 Å². The molecule has 1 aliphatic heterocycles. The number of hydrogen-bond donors (Lipinski definition) is 0. The van der Waals surface area contributed by atoms with Gasteiger partial charge >= 0.3 is 0 Å². The van der Waals surface area contributed by atoms with Crippen LogP contribution in [0.25, 0.3) is 11.0 Å². The van der Waals surface area contributed by atoms with Crippen LogP contribution in [0.2, 0.25) is 0 Å². The molecular weight excluding hydrogens is 439 g/mol. The number of aromatic nitrogens is 2. The SMILES string of the molecule is CCCn1c(CN(CC(C)C)C(=O)c2cccc(F)c2)nc2cc(CN3CCCCCC3)ccc21. The van der Waals surface area contributed by atoms with E-state index >= 15 is 0 Å². The van der Waals surface area contributed by atoms with Crippen LogP contribution in [0.3, 0.4) is 0 Å². The fraction of sp³-hybridized carbons (Fsp3) is 0.517. The van der Waals surface area contributed by atoms with E-state index in [-0.39, 0.29) is 11.8 Å². The summed E-state index contributed by atoms with van der Waals surface area (Å²) in [5.41, 5.74) is 3.78. The number of nitrogens with zero attached hydrogens (tertiary/aromatic N) is 4. The number of imidazole rings is 1. The molecule has 2 aromatic carbocycles. The first-order valence-electron chi connectivity index (χ1n) is 13.2. The molecule has 0 N–H and O–H groups in total. The summed E-state index contributed by atoms with van der Waals surface area (Å²) in [6.07, 6.45) is 6.21. The van der Waals surface area contributed by atoms with E-state index in [2.05, 4.69) is 48.4 Å². The highest BCUT2D eigenvalue weighted by Crippen LogP contribution is 2.23. The summed E-state index contributed by atoms with van der Waals surface area (Å²) in [4.78, 5) is 22.7. The average molecular weight is 479 g/mol. The van der Waals surface area contributed by atoms with Crippen LogP contribution in [-0.2, 0) is 19.6 Å². The Morgan fingerprint density at radius 2 is 1.86 bits per heavy atom. The van der Waals surface area contributed by atoms with Gasteiger partial charge in [-0.05, 0) is 74.2 Å². The van der Waals surface area contributed by atoms with Crippen molar-refractivity contribution in [2.24, 2.45) is 5.92 Å². The maximum atomic E-state index is 13.8. The molecule has 1 amide bonds. The summed E-state index contributed by atoms with van der Waals surface area (Å²) in [5.74, 6) is 0.626. The molecule has 0 aliphatic carbocycles. The third-order valence-corrected chi connectivity index (χ3v) is 6.72. The molecule has 1 saturated heterocycles. The fourth-order valence-corrected chi connectivity index (χ4v) is 5.10. The van der Waals surface area contributed by atoms with E-state index in [0.29, 0.717) is 18.7 Å². The molecule has 188 valence electrons. The van der Waals surface area contributed by atoms with E-state index in [1.807, 2.05) is 4.90 Å². The molecule has 0 unspecified atom stereocenters. The van der Waals surface area contributed by atoms with Crippen molar-refractivity contribution in [1.29, 1.82) is 0 Å². The maximum Gasteiger partial charge on any atom is 0.254 e. The van der Waals surface area contributed by atoms with Gasteiger partial charge in [-0.25, -0.2) is 9.37 Å². The smallest absolute Gasteiger partial charge is 0.254 e. The van der Waals surface area contributed by atoms with Gasteiger partial charge in [0, 0.05) is 25.2 Å². The number of likely N-dealkylation sites (tertiary alicyclic amines) is 1. The quantitative estimate of drug-likeness (QED) is 0.364. The second-order valence-corrected chi connectivity index (χ2v) is 10.3. The largest absolute Gasteiger partial charge is 0.331 e. The van der Waals surface area contributed by atoms with Crippen molar-refractivity contribution in [2.45, 2.75) is 72.5 Å². The van der Waals surface area contributed by atoms with Crippen molar-refractivity contribution in [2.75, 3.05) is 19.6 Å². The number of fused-ring (bicyclic) bond motifs is 1. The zero-order valence-corrected chi connectivity index (χ0v) is 21.5. The number of amides is 1. The van der Waals surface area contributed by atoms with E-state index in [9.17, 15) is 9.18 Å². The van der Waals surface area contributed by atoms with E-state index < -0.39 is 5.82 Å². The van der Waals surface area contributed by atoms with Gasteiger partial charge in [-0.1, -0.05) is 45.7 Å². The Morgan fingerprint density at radius 3 is 2.54 bits per heavy atom. The maximum absolute atomic E-state index is 13.8. The Labute approximate surface area is 208 Å². The normalized spacial score (nSPS) is 15.0. The lowest BCUT2D eigenvalue weighted by Crippen LogP contribution is -2.34. The first-order valence-corrected chi connectivity index (χ1v) is 13.2. The van der Waals surface area contributed by atoms with Gasteiger partial charge < -0.3 is 9.47 Å². The molecule has 1 aromatic heterocycles. The summed E-state index contributed by atoms with van der Waals surface area (Å²) in [5, 5.41) is 0. The van der Waals surface area contributed by atoms with Gasteiger partial charge in [0.25, 0.3) is 5.91 Å². The van der Waals surface area contributed by atoms with Crippen molar-refractivity contribution in [1.82, 2.24) is 19.4 Å². The Morgan fingerprint density at radius 1 is 1.09 bits per heavy atom. The molecule has 0 saturated carbocycles. The van der Waals surface area contributed by atoms with E-state index in [4.69, 9.17) is 4.98 Å². The predicted molar refractivity (Wildman–Crippen MR) is 140 cm³/mol. The number of carbonyl (C=O) groups excluding carboxylic acids is 1. The van der Waals surface area contributed by atoms with Crippen LogP contribution in [0, 0.1) is 11.7 Å². The second kappa shape index (κ2) is 11.8. The van der Waals surface area contributed by atoms with Crippen LogP contribution in [0.4, 0.5) is 4.39 Å². The van der Waals surface area contributed by atoms with Crippen LogP contribution in [-0.4, -0.2) is 44.9 Å². The Balaban J connectivity index is 1.62. The highest BCUT2D eigenvalue weighted by atomic mass is 19.1. The van der Waals surface area contributed by atoms with Crippen molar-refractivity contribution >= 4 is 16.9 Å². The Bertz CT molecular complexity index is 1130. The molecule has 0 radical (unpaired) electrons. The minimum absolute atomic E-state index is 0.157. The third-order valence-electron chi connectivity index (χ3n) is 6.72. The third kappa shape index (κ3) is 6.49. The van der Waals surface area contributed by atoms with Gasteiger partial charge in [0.2, 0.25) is 0 Å². The zero-order chi connectivity index (χ0) is 24.8. The van der Waals surface area contributed by atoms with E-state index in [1.165, 1.54) is 56.5 Å². The molecule has 5 nitrogen and oxygen atoms in total. The zero-order valence-electron chi connectivity index (χ0n) is 21.5. The molecule has 0 atom stereocenters. The van der Waals surface area contributed by atoms with Gasteiger partial charge in [0.05, 0.1) is 17.6 Å². The average Bonchev–Trinajstić information content (AvgIpc) is 2.97. The molecule has 3 aromatic rings. The van der Waals surface area contributed by atoms with Gasteiger partial charge in [0.1, 0.15) is 11.6 Å². The summed E-state index contributed by atoms with van der Waals surface area (Å²) in [6.45, 7) is 11.5. The lowest BCUT2D eigenvalue weighted by atomic mass is 10.1. The van der Waals surface area contributed by atoms with Crippen LogP contribution in [0.5, 0.6) is 0 Å². The lowest BCUT2D eigenvalue weighted by molar-refractivity contribution is 0.0715. The molecular formula is C29H39FN4O. The Kier molecular flexibility index (Phi) is 8.55. The number of rotatable bonds is 9. The summed E-state index contributed by atoms with van der Waals surface area (Å²) in [7, 11) is 0. The molecule has 1 aliphatic rings. The van der Waals surface area contributed by atoms with Crippen molar-refractivity contribution in [3.8, 4) is 0 Å². The van der Waals surface area contributed by atoms with Gasteiger partial charge in [-0.2, -0.15) is 0 Å². The molecule has 35 heavy (non-hydrogen) atoms. The lowest BCUT2D eigenvalue weighted by Gasteiger charge is -2.25. The number of benzene rings is 2. The first kappa shape index (κ1) is 25.4. The minimum Gasteiger partial charge on any atom is -0.331 e. The van der Waals surface area contributed by atoms with Crippen LogP contribution in [0.1, 0.15) is 74.6 Å². The van der Waals surface area contributed by atoms with Crippen molar-refractivity contribution < 1.29 is 9.18 Å². The molecule has 6 heteroatoms. The second-order valence-electron chi connectivity index (χ2n) is 10.3. The van der Waals surface area contributed by atoms with Gasteiger partial charge in [0.15, 0.2) is 0 Å². The molecule has 0 spiro atoms. The minimum atomic E-state index is -0.393. The summed E-state index contributed by atoms with van der Waals surface area (Å²) >= 11 is 0. The van der Waals surface area contributed by atoms with Gasteiger partial charge in [-0.15, -0.1) is 0 Å². The van der Waals surface area contributed by atoms with Crippen molar-refractivity contribution in [3.63, 3.8) is 0 Å². The van der Waals surface area contributed by atoms with E-state index in [1.54, 1.807) is 12.1 Å². The monoisotopic (exact) mass is 478 g/mol. The number of aryl methyl sites for hydroxylation is 1. The fourth-order valence-electron chi connectivity index (χ4n) is 5.10. The molecule has 2 heterocycles. The number of carbonyl (C=O) groups is 1. The highest BCUT2D eigenvalue weighted by Gasteiger charge is 2.21. The summed E-state index contributed by atoms with van der Waals surface area (Å²) < 4.78 is 16.1. The Hall–Kier alpha value is -2.73. The topological polar surface area (TPSA) is 41.4 Å². The summed E-state index contributed by atoms with van der Waals surface area (Å²) in [6, 6.07) is 12.6. The predicted octanol–water partition coefficient (Wildman–Crippen LogP) is 6.26. The van der Waals surface area contributed by atoms with Gasteiger partial charge in [-0.3, -0.25) is 9.69 Å².